The zero-order valence-corrected chi connectivity index (χ0v) is 18.2. The zero-order valence-electron chi connectivity index (χ0n) is 18.2. The van der Waals surface area contributed by atoms with Crippen molar-refractivity contribution in [3.63, 3.8) is 0 Å². The van der Waals surface area contributed by atoms with Crippen molar-refractivity contribution in [2.45, 2.75) is 65.5 Å². The van der Waals surface area contributed by atoms with Crippen LogP contribution in [0.2, 0.25) is 0 Å². The Morgan fingerprint density at radius 1 is 1.20 bits per heavy atom. The first kappa shape index (κ1) is 21.7. The van der Waals surface area contributed by atoms with Crippen LogP contribution in [0, 0.1) is 5.92 Å². The lowest BCUT2D eigenvalue weighted by molar-refractivity contribution is -0.127. The first-order valence-corrected chi connectivity index (χ1v) is 10.3. The summed E-state index contributed by atoms with van der Waals surface area (Å²) < 4.78 is 5.48. The number of nitrogens with one attached hydrogen (secondary N) is 2. The molecular weight excluding hydrogens is 382 g/mol. The molecule has 1 aromatic heterocycles. The minimum atomic E-state index is -1.12. The average Bonchev–Trinajstić information content (AvgIpc) is 2.64. The van der Waals surface area contributed by atoms with Gasteiger partial charge in [-0.3, -0.25) is 15.1 Å². The summed E-state index contributed by atoms with van der Waals surface area (Å²) in [5.41, 5.74) is 2.53. The van der Waals surface area contributed by atoms with Crippen molar-refractivity contribution >= 4 is 28.8 Å². The zero-order chi connectivity index (χ0) is 22.1. The Balaban J connectivity index is 1.84. The Hall–Kier alpha value is -2.96. The minimum Gasteiger partial charge on any atom is -0.449 e. The summed E-state index contributed by atoms with van der Waals surface area (Å²) >= 11 is 0. The smallest absolute Gasteiger partial charge is 0.339 e. The third-order valence-corrected chi connectivity index (χ3v) is 5.09. The van der Waals surface area contributed by atoms with E-state index in [1.165, 1.54) is 6.92 Å². The highest BCUT2D eigenvalue weighted by Crippen LogP contribution is 2.32. The average molecular weight is 412 g/mol. The topological polar surface area (TPSA) is 97.4 Å². The highest BCUT2D eigenvalue weighted by molar-refractivity contribution is 6.06. The fourth-order valence-corrected chi connectivity index (χ4v) is 3.65. The van der Waals surface area contributed by atoms with Crippen molar-refractivity contribution in [1.29, 1.82) is 0 Å². The third-order valence-electron chi connectivity index (χ3n) is 5.09. The van der Waals surface area contributed by atoms with Gasteiger partial charge in [-0.05, 0) is 64.5 Å². The Kier molecular flexibility index (Phi) is 6.10. The van der Waals surface area contributed by atoms with E-state index in [-0.39, 0.29) is 0 Å². The monoisotopic (exact) mass is 411 g/mol. The number of urea groups is 1. The maximum atomic E-state index is 13.1. The van der Waals surface area contributed by atoms with E-state index in [4.69, 9.17) is 9.72 Å². The fraction of sp³-hybridized carbons (Fsp3) is 0.478. The first-order valence-electron chi connectivity index (χ1n) is 10.3. The van der Waals surface area contributed by atoms with Gasteiger partial charge in [0.2, 0.25) is 0 Å². The van der Waals surface area contributed by atoms with Gasteiger partial charge in [-0.1, -0.05) is 25.1 Å². The number of aryl methyl sites for hydroxylation is 1. The van der Waals surface area contributed by atoms with Gasteiger partial charge < -0.3 is 10.1 Å². The van der Waals surface area contributed by atoms with E-state index >= 15 is 0 Å². The SMILES string of the molecule is CC1CCc2nc3ccccc3c(C(=O)OC(C)C(=O)NC(=O)NC(C)(C)C)c2C1. The number of carbonyl (C=O) groups excluding carboxylic acids is 3. The molecule has 2 atom stereocenters. The lowest BCUT2D eigenvalue weighted by atomic mass is 9.84. The van der Waals surface area contributed by atoms with E-state index < -0.39 is 29.6 Å². The number of benzene rings is 1. The molecule has 1 aliphatic carbocycles. The Bertz CT molecular complexity index is 994. The second-order valence-electron chi connectivity index (χ2n) is 9.02. The van der Waals surface area contributed by atoms with Gasteiger partial charge >= 0.3 is 12.0 Å². The summed E-state index contributed by atoms with van der Waals surface area (Å²) in [6.07, 6.45) is 1.46. The number of carbonyl (C=O) groups is 3. The molecule has 0 saturated carbocycles. The molecule has 30 heavy (non-hydrogen) atoms. The van der Waals surface area contributed by atoms with Gasteiger partial charge in [0.1, 0.15) is 0 Å². The molecule has 0 radical (unpaired) electrons. The van der Waals surface area contributed by atoms with Crippen molar-refractivity contribution in [1.82, 2.24) is 15.6 Å². The van der Waals surface area contributed by atoms with Crippen molar-refractivity contribution in [2.24, 2.45) is 5.92 Å². The van der Waals surface area contributed by atoms with E-state index in [0.29, 0.717) is 16.9 Å². The molecule has 2 aromatic rings. The minimum absolute atomic E-state index is 0.439. The molecule has 0 aliphatic heterocycles. The van der Waals surface area contributed by atoms with Gasteiger partial charge in [0.15, 0.2) is 6.10 Å². The number of rotatable bonds is 3. The number of esters is 1. The number of ether oxygens (including phenoxy) is 1. The van der Waals surface area contributed by atoms with E-state index in [2.05, 4.69) is 17.6 Å². The molecule has 2 unspecified atom stereocenters. The van der Waals surface area contributed by atoms with Gasteiger partial charge in [0.05, 0.1) is 11.1 Å². The highest BCUT2D eigenvalue weighted by atomic mass is 16.5. The van der Waals surface area contributed by atoms with Crippen molar-refractivity contribution < 1.29 is 19.1 Å². The number of nitrogens with zero attached hydrogens (tertiary/aromatic N) is 1. The molecule has 0 spiro atoms. The molecule has 1 aliphatic rings. The number of aromatic nitrogens is 1. The van der Waals surface area contributed by atoms with Crippen LogP contribution in [0.25, 0.3) is 10.9 Å². The Morgan fingerprint density at radius 3 is 2.60 bits per heavy atom. The van der Waals surface area contributed by atoms with Crippen LogP contribution < -0.4 is 10.6 Å². The molecule has 0 saturated heterocycles. The standard InChI is InChI=1S/C23H29N3O4/c1-13-10-11-18-16(12-13)19(15-8-6-7-9-17(15)24-18)21(28)30-14(2)20(27)25-22(29)26-23(3,4)5/h6-9,13-14H,10-12H2,1-5H3,(H2,25,26,27,29). The second-order valence-corrected chi connectivity index (χ2v) is 9.02. The van der Waals surface area contributed by atoms with Crippen LogP contribution in [0.1, 0.15) is 62.7 Å². The van der Waals surface area contributed by atoms with Gasteiger partial charge in [-0.2, -0.15) is 0 Å². The molecule has 1 heterocycles. The van der Waals surface area contributed by atoms with E-state index in [1.807, 2.05) is 24.3 Å². The Morgan fingerprint density at radius 2 is 1.90 bits per heavy atom. The number of hydrogen-bond donors (Lipinski definition) is 2. The van der Waals surface area contributed by atoms with E-state index in [1.54, 1.807) is 20.8 Å². The molecule has 7 nitrogen and oxygen atoms in total. The molecule has 3 rings (SSSR count). The molecule has 0 fully saturated rings. The van der Waals surface area contributed by atoms with Crippen molar-refractivity contribution in [2.75, 3.05) is 0 Å². The molecule has 0 bridgehead atoms. The summed E-state index contributed by atoms with van der Waals surface area (Å²) in [6, 6.07) is 6.83. The fourth-order valence-electron chi connectivity index (χ4n) is 3.65. The molecule has 2 N–H and O–H groups in total. The summed E-state index contributed by atoms with van der Waals surface area (Å²) in [7, 11) is 0. The quantitative estimate of drug-likeness (QED) is 0.753. The first-order chi connectivity index (χ1) is 14.0. The summed E-state index contributed by atoms with van der Waals surface area (Å²) in [4.78, 5) is 42.2. The lowest BCUT2D eigenvalue weighted by Gasteiger charge is -2.25. The Labute approximate surface area is 176 Å². The van der Waals surface area contributed by atoms with E-state index in [0.717, 1.165) is 36.0 Å². The second kappa shape index (κ2) is 8.42. The van der Waals surface area contributed by atoms with Crippen LogP contribution in [-0.2, 0) is 22.4 Å². The van der Waals surface area contributed by atoms with Crippen LogP contribution >= 0.6 is 0 Å². The van der Waals surface area contributed by atoms with Crippen LogP contribution in [0.5, 0.6) is 0 Å². The van der Waals surface area contributed by atoms with Crippen molar-refractivity contribution in [3.8, 4) is 0 Å². The molecule has 3 amide bonds. The molecule has 160 valence electrons. The highest BCUT2D eigenvalue weighted by Gasteiger charge is 2.29. The van der Waals surface area contributed by atoms with Gasteiger partial charge in [0, 0.05) is 16.6 Å². The van der Waals surface area contributed by atoms with Gasteiger partial charge in [-0.15, -0.1) is 0 Å². The maximum absolute atomic E-state index is 13.1. The predicted octanol–water partition coefficient (Wildman–Crippen LogP) is 3.53. The normalized spacial score (nSPS) is 17.0. The number of amides is 3. The number of fused-ring (bicyclic) bond motifs is 2. The van der Waals surface area contributed by atoms with Crippen molar-refractivity contribution in [3.05, 3.63) is 41.1 Å². The summed E-state index contributed by atoms with van der Waals surface area (Å²) in [6.45, 7) is 9.02. The summed E-state index contributed by atoms with van der Waals surface area (Å²) in [5, 5.41) is 5.58. The van der Waals surface area contributed by atoms with Gasteiger partial charge in [-0.25, -0.2) is 9.59 Å². The van der Waals surface area contributed by atoms with Crippen LogP contribution in [0.3, 0.4) is 0 Å². The van der Waals surface area contributed by atoms with E-state index in [9.17, 15) is 14.4 Å². The van der Waals surface area contributed by atoms with Gasteiger partial charge in [0.25, 0.3) is 5.91 Å². The molecule has 1 aromatic carbocycles. The predicted molar refractivity (Wildman–Crippen MR) is 114 cm³/mol. The lowest BCUT2D eigenvalue weighted by Crippen LogP contribution is -2.50. The largest absolute Gasteiger partial charge is 0.449 e. The molecule has 7 heteroatoms. The third kappa shape index (κ3) is 4.96. The number of pyridine rings is 1. The van der Waals surface area contributed by atoms with Crippen LogP contribution in [0.15, 0.2) is 24.3 Å². The number of imide groups is 1. The van der Waals surface area contributed by atoms with Crippen LogP contribution in [-0.4, -0.2) is 34.5 Å². The number of para-hydroxylation sites is 1. The van der Waals surface area contributed by atoms with Crippen LogP contribution in [0.4, 0.5) is 4.79 Å². The number of hydrogen-bond acceptors (Lipinski definition) is 5. The molecular formula is C23H29N3O4. The maximum Gasteiger partial charge on any atom is 0.339 e. The summed E-state index contributed by atoms with van der Waals surface area (Å²) in [5.74, 6) is -0.808.